The number of hydrogen-bond acceptors (Lipinski definition) is 4. The molecule has 6 nitrogen and oxygen atoms in total. The Morgan fingerprint density at radius 3 is 2.19 bits per heavy atom. The SMILES string of the molecule is COc1ccc(CCC(=O)N(Cc2ccc(F)cc2)[C@H](C)C(=O)NCC(C)C)cc1OC. The Hall–Kier alpha value is -3.09. The van der Waals surface area contributed by atoms with E-state index in [0.717, 1.165) is 11.1 Å². The maximum absolute atomic E-state index is 13.3. The van der Waals surface area contributed by atoms with Crippen molar-refractivity contribution in [2.45, 2.75) is 46.2 Å². The fourth-order valence-electron chi connectivity index (χ4n) is 3.25. The number of nitrogens with one attached hydrogen (secondary N) is 1. The van der Waals surface area contributed by atoms with Gasteiger partial charge in [-0.1, -0.05) is 32.0 Å². The van der Waals surface area contributed by atoms with Gasteiger partial charge >= 0.3 is 0 Å². The summed E-state index contributed by atoms with van der Waals surface area (Å²) >= 11 is 0. The second kappa shape index (κ2) is 12.1. The second-order valence-electron chi connectivity index (χ2n) is 8.15. The van der Waals surface area contributed by atoms with Gasteiger partial charge in [0.1, 0.15) is 11.9 Å². The minimum atomic E-state index is -0.656. The van der Waals surface area contributed by atoms with E-state index in [9.17, 15) is 14.0 Å². The zero-order chi connectivity index (χ0) is 23.7. The number of carbonyl (C=O) groups is 2. The third-order valence-corrected chi connectivity index (χ3v) is 5.19. The summed E-state index contributed by atoms with van der Waals surface area (Å²) in [6, 6.07) is 10.8. The largest absolute Gasteiger partial charge is 0.493 e. The molecule has 0 aliphatic heterocycles. The van der Waals surface area contributed by atoms with Crippen LogP contribution in [0.15, 0.2) is 42.5 Å². The van der Waals surface area contributed by atoms with Crippen LogP contribution in [0.5, 0.6) is 11.5 Å². The Morgan fingerprint density at radius 2 is 1.59 bits per heavy atom. The van der Waals surface area contributed by atoms with Crippen LogP contribution in [0.25, 0.3) is 0 Å². The van der Waals surface area contributed by atoms with Gasteiger partial charge < -0.3 is 19.7 Å². The molecule has 1 atom stereocenters. The number of nitrogens with zero attached hydrogens (tertiary/aromatic N) is 1. The first-order valence-electron chi connectivity index (χ1n) is 10.8. The lowest BCUT2D eigenvalue weighted by atomic mass is 10.1. The Morgan fingerprint density at radius 1 is 0.969 bits per heavy atom. The number of rotatable bonds is 11. The quantitative estimate of drug-likeness (QED) is 0.570. The molecule has 1 N–H and O–H groups in total. The summed E-state index contributed by atoms with van der Waals surface area (Å²) in [6.07, 6.45) is 0.706. The van der Waals surface area contributed by atoms with Crippen molar-refractivity contribution in [2.24, 2.45) is 5.92 Å². The van der Waals surface area contributed by atoms with Crippen molar-refractivity contribution in [1.29, 1.82) is 0 Å². The Bertz CT molecular complexity index is 899. The van der Waals surface area contributed by atoms with Crippen LogP contribution in [0, 0.1) is 11.7 Å². The van der Waals surface area contributed by atoms with Crippen molar-refractivity contribution in [3.05, 3.63) is 59.4 Å². The zero-order valence-corrected chi connectivity index (χ0v) is 19.5. The van der Waals surface area contributed by atoms with Gasteiger partial charge in [0.15, 0.2) is 11.5 Å². The first-order chi connectivity index (χ1) is 15.2. The fourth-order valence-corrected chi connectivity index (χ4v) is 3.25. The summed E-state index contributed by atoms with van der Waals surface area (Å²) in [4.78, 5) is 27.4. The van der Waals surface area contributed by atoms with Crippen molar-refractivity contribution >= 4 is 11.8 Å². The van der Waals surface area contributed by atoms with E-state index < -0.39 is 6.04 Å². The molecule has 32 heavy (non-hydrogen) atoms. The molecule has 2 aromatic rings. The molecular formula is C25H33FN2O4. The van der Waals surface area contributed by atoms with Gasteiger partial charge in [0, 0.05) is 19.5 Å². The monoisotopic (exact) mass is 444 g/mol. The lowest BCUT2D eigenvalue weighted by molar-refractivity contribution is -0.140. The van der Waals surface area contributed by atoms with E-state index in [4.69, 9.17) is 9.47 Å². The van der Waals surface area contributed by atoms with Gasteiger partial charge in [0.2, 0.25) is 11.8 Å². The van der Waals surface area contributed by atoms with E-state index in [1.54, 1.807) is 44.2 Å². The minimum absolute atomic E-state index is 0.156. The summed E-state index contributed by atoms with van der Waals surface area (Å²) in [5.41, 5.74) is 1.68. The third kappa shape index (κ3) is 7.25. The van der Waals surface area contributed by atoms with Gasteiger partial charge in [0.25, 0.3) is 0 Å². The first kappa shape index (κ1) is 25.2. The van der Waals surface area contributed by atoms with Crippen LogP contribution >= 0.6 is 0 Å². The number of halogens is 1. The molecule has 2 rings (SSSR count). The zero-order valence-electron chi connectivity index (χ0n) is 19.5. The topological polar surface area (TPSA) is 67.9 Å². The Kier molecular flexibility index (Phi) is 9.50. The predicted molar refractivity (Wildman–Crippen MR) is 122 cm³/mol. The van der Waals surface area contributed by atoms with E-state index in [1.807, 2.05) is 26.0 Å². The average molecular weight is 445 g/mol. The van der Waals surface area contributed by atoms with Gasteiger partial charge in [-0.3, -0.25) is 9.59 Å². The number of amides is 2. The van der Waals surface area contributed by atoms with Gasteiger partial charge in [0.05, 0.1) is 14.2 Å². The summed E-state index contributed by atoms with van der Waals surface area (Å²) in [7, 11) is 3.13. The van der Waals surface area contributed by atoms with Gasteiger partial charge in [-0.25, -0.2) is 4.39 Å². The number of aryl methyl sites for hydroxylation is 1. The number of hydrogen-bond donors (Lipinski definition) is 1. The molecule has 2 amide bonds. The fraction of sp³-hybridized carbons (Fsp3) is 0.440. The molecule has 2 aromatic carbocycles. The van der Waals surface area contributed by atoms with Crippen LogP contribution in [0.3, 0.4) is 0 Å². The molecule has 0 aliphatic rings. The van der Waals surface area contributed by atoms with Gasteiger partial charge in [-0.15, -0.1) is 0 Å². The van der Waals surface area contributed by atoms with Gasteiger partial charge in [-0.05, 0) is 54.7 Å². The number of methoxy groups -OCH3 is 2. The van der Waals surface area contributed by atoms with Crippen molar-refractivity contribution in [1.82, 2.24) is 10.2 Å². The number of carbonyl (C=O) groups excluding carboxylic acids is 2. The van der Waals surface area contributed by atoms with E-state index in [1.165, 1.54) is 12.1 Å². The van der Waals surface area contributed by atoms with Crippen LogP contribution in [-0.2, 0) is 22.6 Å². The molecule has 0 aliphatic carbocycles. The third-order valence-electron chi connectivity index (χ3n) is 5.19. The molecular weight excluding hydrogens is 411 g/mol. The summed E-state index contributed by atoms with van der Waals surface area (Å²) in [6.45, 7) is 6.49. The van der Waals surface area contributed by atoms with Crippen molar-refractivity contribution in [3.8, 4) is 11.5 Å². The van der Waals surface area contributed by atoms with Crippen molar-refractivity contribution in [2.75, 3.05) is 20.8 Å². The average Bonchev–Trinajstić information content (AvgIpc) is 2.79. The number of ether oxygens (including phenoxy) is 2. The molecule has 174 valence electrons. The molecule has 0 aromatic heterocycles. The van der Waals surface area contributed by atoms with E-state index in [0.29, 0.717) is 30.4 Å². The molecule has 0 bridgehead atoms. The van der Waals surface area contributed by atoms with Crippen LogP contribution in [-0.4, -0.2) is 43.5 Å². The minimum Gasteiger partial charge on any atom is -0.493 e. The lowest BCUT2D eigenvalue weighted by Crippen LogP contribution is -2.48. The molecule has 0 saturated heterocycles. The highest BCUT2D eigenvalue weighted by atomic mass is 19.1. The Balaban J connectivity index is 2.15. The Labute approximate surface area is 189 Å². The molecule has 0 fully saturated rings. The molecule has 0 radical (unpaired) electrons. The van der Waals surface area contributed by atoms with Crippen LogP contribution < -0.4 is 14.8 Å². The number of benzene rings is 2. The predicted octanol–water partition coefficient (Wildman–Crippen LogP) is 3.97. The lowest BCUT2D eigenvalue weighted by Gasteiger charge is -2.29. The first-order valence-corrected chi connectivity index (χ1v) is 10.8. The van der Waals surface area contributed by atoms with Crippen LogP contribution in [0.1, 0.15) is 38.3 Å². The smallest absolute Gasteiger partial charge is 0.242 e. The summed E-state index contributed by atoms with van der Waals surface area (Å²) < 4.78 is 23.9. The molecule has 0 unspecified atom stereocenters. The second-order valence-corrected chi connectivity index (χ2v) is 8.15. The molecule has 0 spiro atoms. The maximum atomic E-state index is 13.3. The maximum Gasteiger partial charge on any atom is 0.242 e. The van der Waals surface area contributed by atoms with Crippen molar-refractivity contribution in [3.63, 3.8) is 0 Å². The summed E-state index contributed by atoms with van der Waals surface area (Å²) in [5, 5.41) is 2.89. The highest BCUT2D eigenvalue weighted by Crippen LogP contribution is 2.28. The highest BCUT2D eigenvalue weighted by molar-refractivity contribution is 5.87. The summed E-state index contributed by atoms with van der Waals surface area (Å²) in [5.74, 6) is 0.815. The van der Waals surface area contributed by atoms with E-state index in [-0.39, 0.29) is 30.6 Å². The van der Waals surface area contributed by atoms with Crippen LogP contribution in [0.4, 0.5) is 4.39 Å². The molecule has 0 heterocycles. The van der Waals surface area contributed by atoms with E-state index in [2.05, 4.69) is 5.32 Å². The molecule has 7 heteroatoms. The highest BCUT2D eigenvalue weighted by Gasteiger charge is 2.26. The van der Waals surface area contributed by atoms with Crippen LogP contribution in [0.2, 0.25) is 0 Å². The molecule has 0 saturated carbocycles. The van der Waals surface area contributed by atoms with Crippen molar-refractivity contribution < 1.29 is 23.5 Å². The normalized spacial score (nSPS) is 11.7. The van der Waals surface area contributed by atoms with Gasteiger partial charge in [-0.2, -0.15) is 0 Å². The standard InChI is InChI=1S/C25H33FN2O4/c1-17(2)15-27-25(30)18(3)28(16-20-6-10-21(26)11-7-20)24(29)13-9-19-8-12-22(31-4)23(14-19)32-5/h6-8,10-12,14,17-18H,9,13,15-16H2,1-5H3,(H,27,30)/t18-/m1/s1. The van der Waals surface area contributed by atoms with E-state index >= 15 is 0 Å².